The second-order valence-corrected chi connectivity index (χ2v) is 9.92. The lowest BCUT2D eigenvalue weighted by Gasteiger charge is -2.29. The number of guanidine groups is 1. The minimum absolute atomic E-state index is 0. The van der Waals surface area contributed by atoms with E-state index in [2.05, 4.69) is 46.5 Å². The fourth-order valence-corrected chi connectivity index (χ4v) is 4.95. The SMILES string of the molecule is CN=C(NCC(C)(C)c1ccc2c(c1)OCCO2)NC1CCN(C(=O)C2CCCCC2)C1.I. The number of ether oxygens (including phenoxy) is 2. The minimum Gasteiger partial charge on any atom is -0.486 e. The van der Waals surface area contributed by atoms with E-state index in [0.717, 1.165) is 56.4 Å². The number of carbonyl (C=O) groups is 1. The van der Waals surface area contributed by atoms with Gasteiger partial charge in [0.15, 0.2) is 17.5 Å². The van der Waals surface area contributed by atoms with E-state index < -0.39 is 0 Å². The van der Waals surface area contributed by atoms with Crippen LogP contribution in [0.3, 0.4) is 0 Å². The molecule has 0 spiro atoms. The van der Waals surface area contributed by atoms with Gasteiger partial charge in [-0.25, -0.2) is 0 Å². The Morgan fingerprint density at radius 2 is 1.85 bits per heavy atom. The molecule has 1 aromatic rings. The number of aliphatic imine (C=N–C) groups is 1. The summed E-state index contributed by atoms with van der Waals surface area (Å²) in [6, 6.07) is 6.43. The Kier molecular flexibility index (Phi) is 9.12. The zero-order valence-corrected chi connectivity index (χ0v) is 22.5. The first-order valence-corrected chi connectivity index (χ1v) is 12.1. The van der Waals surface area contributed by atoms with Crippen molar-refractivity contribution in [3.63, 3.8) is 0 Å². The summed E-state index contributed by atoms with van der Waals surface area (Å²) in [5.41, 5.74) is 1.07. The van der Waals surface area contributed by atoms with E-state index in [9.17, 15) is 4.79 Å². The Balaban J connectivity index is 0.00000306. The number of rotatable bonds is 5. The van der Waals surface area contributed by atoms with Crippen molar-refractivity contribution in [1.29, 1.82) is 0 Å². The summed E-state index contributed by atoms with van der Waals surface area (Å²) < 4.78 is 11.4. The smallest absolute Gasteiger partial charge is 0.225 e. The topological polar surface area (TPSA) is 75.2 Å². The van der Waals surface area contributed by atoms with E-state index in [1.165, 1.54) is 24.8 Å². The molecule has 1 aromatic carbocycles. The highest BCUT2D eigenvalue weighted by Gasteiger charge is 2.32. The fourth-order valence-electron chi connectivity index (χ4n) is 4.95. The monoisotopic (exact) mass is 570 g/mol. The van der Waals surface area contributed by atoms with Gasteiger partial charge in [-0.3, -0.25) is 9.79 Å². The largest absolute Gasteiger partial charge is 0.486 e. The van der Waals surface area contributed by atoms with Gasteiger partial charge in [-0.2, -0.15) is 0 Å². The average Bonchev–Trinajstić information content (AvgIpc) is 3.30. The van der Waals surface area contributed by atoms with Crippen molar-refractivity contribution in [1.82, 2.24) is 15.5 Å². The van der Waals surface area contributed by atoms with Crippen molar-refractivity contribution >= 4 is 35.8 Å². The predicted octanol–water partition coefficient (Wildman–Crippen LogP) is 3.70. The fraction of sp³-hybridized carbons (Fsp3) is 0.680. The maximum Gasteiger partial charge on any atom is 0.225 e. The molecular formula is C25H39IN4O3. The van der Waals surface area contributed by atoms with Crippen molar-refractivity contribution in [3.05, 3.63) is 23.8 Å². The van der Waals surface area contributed by atoms with Crippen LogP contribution in [0.4, 0.5) is 0 Å². The maximum absolute atomic E-state index is 12.9. The molecule has 33 heavy (non-hydrogen) atoms. The first-order chi connectivity index (χ1) is 15.5. The molecule has 2 N–H and O–H groups in total. The molecule has 4 rings (SSSR count). The van der Waals surface area contributed by atoms with Crippen molar-refractivity contribution in [2.75, 3.05) is 39.9 Å². The molecule has 1 atom stereocenters. The van der Waals surface area contributed by atoms with Gasteiger partial charge in [0.2, 0.25) is 5.91 Å². The summed E-state index contributed by atoms with van der Waals surface area (Å²) >= 11 is 0. The first kappa shape index (κ1) is 25.9. The summed E-state index contributed by atoms with van der Waals surface area (Å²) in [4.78, 5) is 19.3. The number of benzene rings is 1. The van der Waals surface area contributed by atoms with Crippen LogP contribution in [0.1, 0.15) is 57.9 Å². The molecule has 2 fully saturated rings. The summed E-state index contributed by atoms with van der Waals surface area (Å²) in [7, 11) is 1.80. The number of hydrogen-bond donors (Lipinski definition) is 2. The van der Waals surface area contributed by atoms with Gasteiger partial charge in [-0.1, -0.05) is 39.2 Å². The van der Waals surface area contributed by atoms with Crippen LogP contribution >= 0.6 is 24.0 Å². The molecule has 2 aliphatic heterocycles. The van der Waals surface area contributed by atoms with E-state index in [4.69, 9.17) is 9.47 Å². The second kappa shape index (κ2) is 11.6. The standard InChI is InChI=1S/C25H38N4O3.HI/c1-25(2,19-9-10-21-22(15-19)32-14-13-31-21)17-27-24(26-3)28-20-11-12-29(16-20)23(30)18-7-5-4-6-8-18;/h9-10,15,18,20H,4-8,11-14,16-17H2,1-3H3,(H2,26,27,28);1H. The lowest BCUT2D eigenvalue weighted by Crippen LogP contribution is -2.48. The third-order valence-electron chi connectivity index (χ3n) is 7.04. The highest BCUT2D eigenvalue weighted by molar-refractivity contribution is 14.0. The van der Waals surface area contributed by atoms with Crippen LogP contribution in [-0.4, -0.2) is 62.7 Å². The summed E-state index contributed by atoms with van der Waals surface area (Å²) in [5.74, 6) is 3.02. The number of nitrogens with zero attached hydrogens (tertiary/aromatic N) is 2. The van der Waals surface area contributed by atoms with E-state index >= 15 is 0 Å². The van der Waals surface area contributed by atoms with E-state index in [1.807, 2.05) is 6.07 Å². The number of likely N-dealkylation sites (tertiary alicyclic amines) is 1. The number of hydrogen-bond acceptors (Lipinski definition) is 4. The Labute approximate surface area is 215 Å². The van der Waals surface area contributed by atoms with Crippen LogP contribution in [0.15, 0.2) is 23.2 Å². The first-order valence-electron chi connectivity index (χ1n) is 12.1. The average molecular weight is 571 g/mol. The van der Waals surface area contributed by atoms with Gasteiger partial charge >= 0.3 is 0 Å². The van der Waals surface area contributed by atoms with Gasteiger partial charge in [0.05, 0.1) is 0 Å². The van der Waals surface area contributed by atoms with Crippen molar-refractivity contribution in [3.8, 4) is 11.5 Å². The molecule has 1 amide bonds. The molecule has 0 aromatic heterocycles. The molecule has 0 radical (unpaired) electrons. The van der Waals surface area contributed by atoms with Crippen molar-refractivity contribution in [2.45, 2.75) is 63.8 Å². The minimum atomic E-state index is -0.119. The van der Waals surface area contributed by atoms with E-state index in [1.54, 1.807) is 7.05 Å². The molecule has 1 saturated heterocycles. The second-order valence-electron chi connectivity index (χ2n) is 9.92. The normalized spacial score (nSPS) is 21.4. The molecule has 2 heterocycles. The van der Waals surface area contributed by atoms with Crippen LogP contribution in [0.5, 0.6) is 11.5 Å². The molecule has 1 saturated carbocycles. The van der Waals surface area contributed by atoms with Crippen LogP contribution in [0.25, 0.3) is 0 Å². The Bertz CT molecular complexity index is 839. The van der Waals surface area contributed by atoms with Gasteiger partial charge in [-0.15, -0.1) is 24.0 Å². The zero-order valence-electron chi connectivity index (χ0n) is 20.2. The summed E-state index contributed by atoms with van der Waals surface area (Å²) in [6.07, 6.45) is 6.75. The summed E-state index contributed by atoms with van der Waals surface area (Å²) in [5, 5.41) is 7.01. The van der Waals surface area contributed by atoms with Crippen LogP contribution in [-0.2, 0) is 10.2 Å². The zero-order chi connectivity index (χ0) is 22.6. The maximum atomic E-state index is 12.9. The number of nitrogens with one attached hydrogen (secondary N) is 2. The molecular weight excluding hydrogens is 531 g/mol. The van der Waals surface area contributed by atoms with Gasteiger partial charge in [-0.05, 0) is 37.0 Å². The third-order valence-corrected chi connectivity index (χ3v) is 7.04. The van der Waals surface area contributed by atoms with Gasteiger partial charge in [0, 0.05) is 44.1 Å². The van der Waals surface area contributed by atoms with E-state index in [-0.39, 0.29) is 41.4 Å². The molecule has 0 bridgehead atoms. The Hall–Kier alpha value is -1.71. The van der Waals surface area contributed by atoms with E-state index in [0.29, 0.717) is 19.1 Å². The van der Waals surface area contributed by atoms with Crippen LogP contribution in [0, 0.1) is 5.92 Å². The number of halogens is 1. The van der Waals surface area contributed by atoms with Crippen molar-refractivity contribution in [2.24, 2.45) is 10.9 Å². The molecule has 7 nitrogen and oxygen atoms in total. The predicted molar refractivity (Wildman–Crippen MR) is 142 cm³/mol. The van der Waals surface area contributed by atoms with Gasteiger partial charge in [0.1, 0.15) is 13.2 Å². The van der Waals surface area contributed by atoms with Crippen LogP contribution in [0.2, 0.25) is 0 Å². The highest BCUT2D eigenvalue weighted by Crippen LogP contribution is 2.35. The highest BCUT2D eigenvalue weighted by atomic mass is 127. The number of fused-ring (bicyclic) bond motifs is 1. The van der Waals surface area contributed by atoms with Gasteiger partial charge in [0.25, 0.3) is 0 Å². The van der Waals surface area contributed by atoms with Crippen LogP contribution < -0.4 is 20.1 Å². The molecule has 1 unspecified atom stereocenters. The third kappa shape index (κ3) is 6.45. The molecule has 3 aliphatic rings. The molecule has 1 aliphatic carbocycles. The Morgan fingerprint density at radius 1 is 1.12 bits per heavy atom. The Morgan fingerprint density at radius 3 is 2.58 bits per heavy atom. The number of amides is 1. The number of carbonyl (C=O) groups excluding carboxylic acids is 1. The van der Waals surface area contributed by atoms with Gasteiger partial charge < -0.3 is 25.0 Å². The van der Waals surface area contributed by atoms with Crippen molar-refractivity contribution < 1.29 is 14.3 Å². The quantitative estimate of drug-likeness (QED) is 0.321. The summed E-state index contributed by atoms with van der Waals surface area (Å²) in [6.45, 7) is 7.94. The lowest BCUT2D eigenvalue weighted by molar-refractivity contribution is -0.135. The molecule has 8 heteroatoms. The lowest BCUT2D eigenvalue weighted by atomic mass is 9.84. The molecule has 184 valence electrons.